The highest BCUT2D eigenvalue weighted by atomic mass is 16.1. The second-order valence-corrected chi connectivity index (χ2v) is 6.58. The summed E-state index contributed by atoms with van der Waals surface area (Å²) in [5, 5.41) is 6.43. The van der Waals surface area contributed by atoms with Gasteiger partial charge in [0.2, 0.25) is 0 Å². The van der Waals surface area contributed by atoms with Crippen molar-refractivity contribution in [3.63, 3.8) is 0 Å². The number of benzene rings is 1. The average molecular weight is 323 g/mol. The summed E-state index contributed by atoms with van der Waals surface area (Å²) in [6.45, 7) is 2.57. The topological polar surface area (TPSA) is 54.0 Å². The number of hydrogen-bond acceptors (Lipinski definition) is 3. The second kappa shape index (κ2) is 7.95. The third kappa shape index (κ3) is 4.57. The Hall–Kier alpha value is -2.36. The highest BCUT2D eigenvalue weighted by Crippen LogP contribution is 2.21. The van der Waals surface area contributed by atoms with Crippen molar-refractivity contribution in [3.8, 4) is 0 Å². The summed E-state index contributed by atoms with van der Waals surface area (Å²) in [7, 11) is 0. The van der Waals surface area contributed by atoms with Gasteiger partial charge in [-0.15, -0.1) is 0 Å². The zero-order valence-electron chi connectivity index (χ0n) is 14.2. The second-order valence-electron chi connectivity index (χ2n) is 6.58. The number of anilines is 1. The molecule has 0 radical (unpaired) electrons. The predicted octanol–water partition coefficient (Wildman–Crippen LogP) is 4.06. The molecule has 1 fully saturated rings. The fraction of sp³-hybridized carbons (Fsp3) is 0.400. The minimum atomic E-state index is -0.139. The van der Waals surface area contributed by atoms with Crippen LogP contribution in [0.25, 0.3) is 0 Å². The number of carbonyl (C=O) groups is 1. The van der Waals surface area contributed by atoms with E-state index in [9.17, 15) is 4.79 Å². The molecular formula is C20H25N3O. The fourth-order valence-corrected chi connectivity index (χ4v) is 3.08. The largest absolute Gasteiger partial charge is 0.381 e. The van der Waals surface area contributed by atoms with E-state index in [-0.39, 0.29) is 5.91 Å². The standard InChI is InChI=1S/C20H25N3O/c1-15-7-9-16(10-8-15)13-22-20(24)19-12-11-18(14-21-19)23-17-5-3-2-4-6-17/h7-12,14,17,23H,2-6,13H2,1H3,(H,22,24). The molecule has 1 aromatic carbocycles. The maximum atomic E-state index is 12.2. The minimum absolute atomic E-state index is 0.139. The molecule has 0 unspecified atom stereocenters. The molecule has 24 heavy (non-hydrogen) atoms. The molecule has 0 spiro atoms. The summed E-state index contributed by atoms with van der Waals surface area (Å²) in [4.78, 5) is 16.5. The first kappa shape index (κ1) is 16.5. The zero-order chi connectivity index (χ0) is 16.8. The van der Waals surface area contributed by atoms with Crippen LogP contribution in [0.1, 0.15) is 53.7 Å². The molecule has 126 valence electrons. The molecule has 3 rings (SSSR count). The van der Waals surface area contributed by atoms with Gasteiger partial charge in [0.15, 0.2) is 0 Å². The van der Waals surface area contributed by atoms with Crippen molar-refractivity contribution in [3.05, 3.63) is 59.4 Å². The van der Waals surface area contributed by atoms with Crippen LogP contribution in [-0.2, 0) is 6.54 Å². The van der Waals surface area contributed by atoms with Crippen molar-refractivity contribution in [2.75, 3.05) is 5.32 Å². The van der Waals surface area contributed by atoms with Crippen LogP contribution in [0.5, 0.6) is 0 Å². The van der Waals surface area contributed by atoms with E-state index in [1.807, 2.05) is 30.3 Å². The van der Waals surface area contributed by atoms with Crippen LogP contribution in [0.15, 0.2) is 42.6 Å². The van der Waals surface area contributed by atoms with E-state index in [2.05, 4.69) is 22.5 Å². The highest BCUT2D eigenvalue weighted by Gasteiger charge is 2.13. The van der Waals surface area contributed by atoms with Crippen LogP contribution < -0.4 is 10.6 Å². The molecule has 1 aliphatic carbocycles. The van der Waals surface area contributed by atoms with E-state index in [0.717, 1.165) is 11.3 Å². The fourth-order valence-electron chi connectivity index (χ4n) is 3.08. The molecule has 2 N–H and O–H groups in total. The molecule has 1 aromatic heterocycles. The molecule has 4 heteroatoms. The molecule has 0 atom stereocenters. The lowest BCUT2D eigenvalue weighted by Gasteiger charge is -2.23. The smallest absolute Gasteiger partial charge is 0.270 e. The molecule has 0 bridgehead atoms. The molecule has 1 heterocycles. The van der Waals surface area contributed by atoms with Crippen LogP contribution in [0.3, 0.4) is 0 Å². The molecule has 0 aliphatic heterocycles. The number of rotatable bonds is 5. The third-order valence-corrected chi connectivity index (χ3v) is 4.55. The van der Waals surface area contributed by atoms with E-state index in [0.29, 0.717) is 18.3 Å². The number of nitrogens with one attached hydrogen (secondary N) is 2. The quantitative estimate of drug-likeness (QED) is 0.872. The maximum absolute atomic E-state index is 12.2. The van der Waals surface area contributed by atoms with Crippen molar-refractivity contribution in [2.24, 2.45) is 0 Å². The first-order chi connectivity index (χ1) is 11.7. The normalized spacial score (nSPS) is 15.0. The molecule has 1 amide bonds. The van der Waals surface area contributed by atoms with E-state index in [4.69, 9.17) is 0 Å². The predicted molar refractivity (Wildman–Crippen MR) is 97.1 cm³/mol. The van der Waals surface area contributed by atoms with Gasteiger partial charge in [0, 0.05) is 12.6 Å². The molecule has 1 aliphatic rings. The molecular weight excluding hydrogens is 298 g/mol. The highest BCUT2D eigenvalue weighted by molar-refractivity contribution is 5.92. The van der Waals surface area contributed by atoms with E-state index >= 15 is 0 Å². The van der Waals surface area contributed by atoms with Gasteiger partial charge in [-0.1, -0.05) is 49.1 Å². The lowest BCUT2D eigenvalue weighted by atomic mass is 9.95. The van der Waals surface area contributed by atoms with Gasteiger partial charge in [-0.2, -0.15) is 0 Å². The number of hydrogen-bond donors (Lipinski definition) is 2. The first-order valence-electron chi connectivity index (χ1n) is 8.77. The Bertz CT molecular complexity index is 658. The Labute approximate surface area is 143 Å². The Morgan fingerprint density at radius 1 is 1.08 bits per heavy atom. The Balaban J connectivity index is 1.52. The van der Waals surface area contributed by atoms with Crippen molar-refractivity contribution in [1.29, 1.82) is 0 Å². The van der Waals surface area contributed by atoms with Gasteiger partial charge < -0.3 is 10.6 Å². The van der Waals surface area contributed by atoms with Gasteiger partial charge in [0.1, 0.15) is 5.69 Å². The van der Waals surface area contributed by atoms with Crippen LogP contribution in [0, 0.1) is 6.92 Å². The third-order valence-electron chi connectivity index (χ3n) is 4.55. The van der Waals surface area contributed by atoms with E-state index in [1.165, 1.54) is 37.7 Å². The first-order valence-corrected chi connectivity index (χ1v) is 8.77. The summed E-state index contributed by atoms with van der Waals surface area (Å²) in [5.74, 6) is -0.139. The number of nitrogens with zero attached hydrogens (tertiary/aromatic N) is 1. The van der Waals surface area contributed by atoms with Gasteiger partial charge in [-0.05, 0) is 37.5 Å². The number of amides is 1. The number of aryl methyl sites for hydroxylation is 1. The van der Waals surface area contributed by atoms with Crippen LogP contribution in [0.2, 0.25) is 0 Å². The molecule has 4 nitrogen and oxygen atoms in total. The maximum Gasteiger partial charge on any atom is 0.270 e. The van der Waals surface area contributed by atoms with Crippen molar-refractivity contribution in [2.45, 2.75) is 51.6 Å². The molecule has 1 saturated carbocycles. The Kier molecular flexibility index (Phi) is 5.47. The van der Waals surface area contributed by atoms with Gasteiger partial charge in [-0.25, -0.2) is 4.98 Å². The van der Waals surface area contributed by atoms with Crippen molar-refractivity contribution >= 4 is 11.6 Å². The minimum Gasteiger partial charge on any atom is -0.381 e. The van der Waals surface area contributed by atoms with Crippen LogP contribution >= 0.6 is 0 Å². The SMILES string of the molecule is Cc1ccc(CNC(=O)c2ccc(NC3CCCCC3)cn2)cc1. The summed E-state index contributed by atoms with van der Waals surface area (Å²) in [5.41, 5.74) is 3.76. The van der Waals surface area contributed by atoms with Gasteiger partial charge in [0.25, 0.3) is 5.91 Å². The lowest BCUT2D eigenvalue weighted by molar-refractivity contribution is 0.0946. The summed E-state index contributed by atoms with van der Waals surface area (Å²) < 4.78 is 0. The summed E-state index contributed by atoms with van der Waals surface area (Å²) in [6, 6.07) is 12.4. The van der Waals surface area contributed by atoms with Crippen LogP contribution in [-0.4, -0.2) is 16.9 Å². The van der Waals surface area contributed by atoms with Gasteiger partial charge in [-0.3, -0.25) is 4.79 Å². The average Bonchev–Trinajstić information content (AvgIpc) is 2.62. The summed E-state index contributed by atoms with van der Waals surface area (Å²) in [6.07, 6.45) is 8.14. The zero-order valence-corrected chi connectivity index (χ0v) is 14.2. The van der Waals surface area contributed by atoms with Gasteiger partial charge in [0.05, 0.1) is 11.9 Å². The van der Waals surface area contributed by atoms with Crippen molar-refractivity contribution in [1.82, 2.24) is 10.3 Å². The van der Waals surface area contributed by atoms with Crippen LogP contribution in [0.4, 0.5) is 5.69 Å². The molecule has 0 saturated heterocycles. The summed E-state index contributed by atoms with van der Waals surface area (Å²) >= 11 is 0. The molecule has 2 aromatic rings. The Morgan fingerprint density at radius 3 is 2.50 bits per heavy atom. The van der Waals surface area contributed by atoms with E-state index in [1.54, 1.807) is 12.3 Å². The van der Waals surface area contributed by atoms with Crippen molar-refractivity contribution < 1.29 is 4.79 Å². The van der Waals surface area contributed by atoms with Gasteiger partial charge >= 0.3 is 0 Å². The number of pyridine rings is 1. The lowest BCUT2D eigenvalue weighted by Crippen LogP contribution is -2.24. The number of carbonyl (C=O) groups excluding carboxylic acids is 1. The Morgan fingerprint density at radius 2 is 1.83 bits per heavy atom. The van der Waals surface area contributed by atoms with E-state index < -0.39 is 0 Å². The monoisotopic (exact) mass is 323 g/mol. The number of aromatic nitrogens is 1.